The van der Waals surface area contributed by atoms with Crippen LogP contribution in [0.2, 0.25) is 0 Å². The van der Waals surface area contributed by atoms with Gasteiger partial charge >= 0.3 is 0 Å². The molecule has 8 nitrogen and oxygen atoms in total. The Morgan fingerprint density at radius 2 is 1.93 bits per heavy atom. The average molecular weight is 379 g/mol. The average Bonchev–Trinajstić information content (AvgIpc) is 3.21. The van der Waals surface area contributed by atoms with Crippen LogP contribution in [0.15, 0.2) is 42.7 Å². The van der Waals surface area contributed by atoms with Crippen molar-refractivity contribution in [3.8, 4) is 11.3 Å². The highest BCUT2D eigenvalue weighted by molar-refractivity contribution is 5.78. The van der Waals surface area contributed by atoms with E-state index in [-0.39, 0.29) is 5.91 Å². The third-order valence-electron chi connectivity index (χ3n) is 4.94. The molecule has 4 rings (SSSR count). The second kappa shape index (κ2) is 8.35. The van der Waals surface area contributed by atoms with Crippen LogP contribution in [0.4, 0.5) is 5.82 Å². The van der Waals surface area contributed by atoms with Crippen molar-refractivity contribution in [3.05, 3.63) is 42.7 Å². The number of benzene rings is 1. The summed E-state index contributed by atoms with van der Waals surface area (Å²) >= 11 is 0. The van der Waals surface area contributed by atoms with Gasteiger partial charge in [0.1, 0.15) is 12.1 Å². The number of rotatable bonds is 6. The lowest BCUT2D eigenvalue weighted by Gasteiger charge is -2.35. The van der Waals surface area contributed by atoms with Gasteiger partial charge in [0.25, 0.3) is 5.78 Å². The molecular formula is C20H25N7O. The molecule has 0 saturated carbocycles. The van der Waals surface area contributed by atoms with E-state index < -0.39 is 0 Å². The van der Waals surface area contributed by atoms with Crippen LogP contribution in [0, 0.1) is 0 Å². The normalized spacial score (nSPS) is 15.1. The second-order valence-electron chi connectivity index (χ2n) is 6.95. The maximum atomic E-state index is 12.0. The summed E-state index contributed by atoms with van der Waals surface area (Å²) in [5.41, 5.74) is 1.94. The van der Waals surface area contributed by atoms with Crippen molar-refractivity contribution in [1.82, 2.24) is 29.8 Å². The maximum absolute atomic E-state index is 12.0. The molecule has 1 amide bonds. The van der Waals surface area contributed by atoms with Gasteiger partial charge in [-0.1, -0.05) is 37.3 Å². The SMILES string of the molecule is CCCNC(=O)CN1CCN(c2cc(-c3ccccc3)nc3ncnn23)CC1. The van der Waals surface area contributed by atoms with Gasteiger partial charge < -0.3 is 10.2 Å². The molecule has 0 aliphatic carbocycles. The Morgan fingerprint density at radius 3 is 2.68 bits per heavy atom. The van der Waals surface area contributed by atoms with Gasteiger partial charge in [-0.2, -0.15) is 14.6 Å². The fourth-order valence-corrected chi connectivity index (χ4v) is 3.44. The molecule has 146 valence electrons. The summed E-state index contributed by atoms with van der Waals surface area (Å²) in [6, 6.07) is 12.2. The van der Waals surface area contributed by atoms with Crippen LogP contribution in [-0.4, -0.2) is 69.7 Å². The lowest BCUT2D eigenvalue weighted by molar-refractivity contribution is -0.122. The number of piperazine rings is 1. The van der Waals surface area contributed by atoms with E-state index in [1.807, 2.05) is 30.3 Å². The van der Waals surface area contributed by atoms with Crippen LogP contribution in [0.1, 0.15) is 13.3 Å². The van der Waals surface area contributed by atoms with E-state index in [4.69, 9.17) is 0 Å². The van der Waals surface area contributed by atoms with Gasteiger partial charge in [0.05, 0.1) is 12.2 Å². The molecule has 1 N–H and O–H groups in total. The Hall–Kier alpha value is -3.00. The minimum absolute atomic E-state index is 0.101. The third-order valence-corrected chi connectivity index (χ3v) is 4.94. The zero-order chi connectivity index (χ0) is 19.3. The Labute approximate surface area is 164 Å². The smallest absolute Gasteiger partial charge is 0.254 e. The lowest BCUT2D eigenvalue weighted by Crippen LogP contribution is -2.50. The Bertz CT molecular complexity index is 932. The highest BCUT2D eigenvalue weighted by atomic mass is 16.2. The summed E-state index contributed by atoms with van der Waals surface area (Å²) in [5, 5.41) is 7.30. The monoisotopic (exact) mass is 379 g/mol. The number of anilines is 1. The summed E-state index contributed by atoms with van der Waals surface area (Å²) in [6.45, 7) is 6.57. The van der Waals surface area contributed by atoms with Crippen molar-refractivity contribution in [3.63, 3.8) is 0 Å². The summed E-state index contributed by atoms with van der Waals surface area (Å²) < 4.78 is 1.79. The van der Waals surface area contributed by atoms with Gasteiger partial charge in [-0.25, -0.2) is 4.98 Å². The van der Waals surface area contributed by atoms with Gasteiger partial charge in [-0.15, -0.1) is 0 Å². The molecule has 3 heterocycles. The third kappa shape index (κ3) is 3.96. The molecule has 0 spiro atoms. The molecule has 2 aromatic heterocycles. The molecule has 0 radical (unpaired) electrons. The number of fused-ring (bicyclic) bond motifs is 1. The van der Waals surface area contributed by atoms with Crippen LogP contribution in [0.3, 0.4) is 0 Å². The number of carbonyl (C=O) groups is 1. The summed E-state index contributed by atoms with van der Waals surface area (Å²) in [7, 11) is 0. The first-order valence-electron chi connectivity index (χ1n) is 9.75. The fraction of sp³-hybridized carbons (Fsp3) is 0.400. The first kappa shape index (κ1) is 18.4. The van der Waals surface area contributed by atoms with E-state index in [2.05, 4.69) is 43.2 Å². The summed E-state index contributed by atoms with van der Waals surface area (Å²) in [5.74, 6) is 1.68. The Morgan fingerprint density at radius 1 is 1.14 bits per heavy atom. The molecule has 0 unspecified atom stereocenters. The summed E-state index contributed by atoms with van der Waals surface area (Å²) in [4.78, 5) is 25.4. The van der Waals surface area contributed by atoms with Gasteiger partial charge in [-0.3, -0.25) is 9.69 Å². The van der Waals surface area contributed by atoms with E-state index in [0.717, 1.165) is 56.2 Å². The number of hydrogen-bond donors (Lipinski definition) is 1. The van der Waals surface area contributed by atoms with Crippen LogP contribution >= 0.6 is 0 Å². The predicted octanol–water partition coefficient (Wildman–Crippen LogP) is 1.44. The van der Waals surface area contributed by atoms with E-state index >= 15 is 0 Å². The molecule has 1 aliphatic heterocycles. The van der Waals surface area contributed by atoms with Crippen molar-refractivity contribution in [2.24, 2.45) is 0 Å². The fourth-order valence-electron chi connectivity index (χ4n) is 3.44. The van der Waals surface area contributed by atoms with Gasteiger partial charge in [0.2, 0.25) is 5.91 Å². The zero-order valence-electron chi connectivity index (χ0n) is 16.1. The van der Waals surface area contributed by atoms with Crippen molar-refractivity contribution in [1.29, 1.82) is 0 Å². The molecule has 3 aromatic rings. The van der Waals surface area contributed by atoms with Crippen molar-refractivity contribution < 1.29 is 4.79 Å². The van der Waals surface area contributed by atoms with Gasteiger partial charge in [0.15, 0.2) is 0 Å². The molecule has 0 atom stereocenters. The Kier molecular flexibility index (Phi) is 5.48. The highest BCUT2D eigenvalue weighted by Crippen LogP contribution is 2.24. The minimum atomic E-state index is 0.101. The predicted molar refractivity (Wildman–Crippen MR) is 108 cm³/mol. The first-order valence-corrected chi connectivity index (χ1v) is 9.75. The van der Waals surface area contributed by atoms with E-state index in [1.165, 1.54) is 6.33 Å². The number of nitrogens with one attached hydrogen (secondary N) is 1. The molecule has 1 saturated heterocycles. The number of hydrogen-bond acceptors (Lipinski definition) is 6. The maximum Gasteiger partial charge on any atom is 0.254 e. The standard InChI is InChI=1S/C20H25N7O/c1-2-8-21-18(28)14-25-9-11-26(12-10-25)19-13-17(16-6-4-3-5-7-16)24-20-22-15-23-27(19)20/h3-7,13,15H,2,8-12,14H2,1H3,(H,21,28). The lowest BCUT2D eigenvalue weighted by atomic mass is 10.1. The molecule has 1 aromatic carbocycles. The molecule has 1 aliphatic rings. The largest absolute Gasteiger partial charge is 0.355 e. The first-order chi connectivity index (χ1) is 13.7. The molecule has 28 heavy (non-hydrogen) atoms. The molecule has 8 heteroatoms. The van der Waals surface area contributed by atoms with Crippen LogP contribution in [0.25, 0.3) is 17.0 Å². The van der Waals surface area contributed by atoms with Gasteiger partial charge in [-0.05, 0) is 6.42 Å². The van der Waals surface area contributed by atoms with Crippen molar-refractivity contribution in [2.75, 3.05) is 44.2 Å². The van der Waals surface area contributed by atoms with E-state index in [0.29, 0.717) is 12.3 Å². The molecule has 1 fully saturated rings. The van der Waals surface area contributed by atoms with Crippen LogP contribution in [-0.2, 0) is 4.79 Å². The minimum Gasteiger partial charge on any atom is -0.355 e. The highest BCUT2D eigenvalue weighted by Gasteiger charge is 2.22. The number of amides is 1. The second-order valence-corrected chi connectivity index (χ2v) is 6.95. The van der Waals surface area contributed by atoms with Crippen molar-refractivity contribution in [2.45, 2.75) is 13.3 Å². The number of nitrogens with zero attached hydrogens (tertiary/aromatic N) is 6. The Balaban J connectivity index is 1.50. The van der Waals surface area contributed by atoms with Crippen LogP contribution < -0.4 is 10.2 Å². The molecular weight excluding hydrogens is 354 g/mol. The molecule has 0 bridgehead atoms. The quantitative estimate of drug-likeness (QED) is 0.698. The van der Waals surface area contributed by atoms with E-state index in [1.54, 1.807) is 4.52 Å². The number of carbonyl (C=O) groups excluding carboxylic acids is 1. The van der Waals surface area contributed by atoms with Crippen molar-refractivity contribution >= 4 is 17.5 Å². The van der Waals surface area contributed by atoms with Gasteiger partial charge in [0, 0.05) is 44.4 Å². The number of aromatic nitrogens is 4. The topological polar surface area (TPSA) is 78.7 Å². The van der Waals surface area contributed by atoms with E-state index in [9.17, 15) is 4.79 Å². The summed E-state index contributed by atoms with van der Waals surface area (Å²) in [6.07, 6.45) is 2.49. The van der Waals surface area contributed by atoms with Crippen LogP contribution in [0.5, 0.6) is 0 Å². The zero-order valence-corrected chi connectivity index (χ0v) is 16.1.